The molecule has 11 heteroatoms. The lowest BCUT2D eigenvalue weighted by atomic mass is 9.94. The third-order valence-corrected chi connectivity index (χ3v) is 8.68. The van der Waals surface area contributed by atoms with Crippen LogP contribution in [0.25, 0.3) is 11.0 Å². The molecule has 2 heterocycles. The van der Waals surface area contributed by atoms with Gasteiger partial charge in [0.2, 0.25) is 5.09 Å². The van der Waals surface area contributed by atoms with E-state index < -0.39 is 20.0 Å². The highest BCUT2D eigenvalue weighted by atomic mass is 35.5. The Hall–Kier alpha value is -3.21. The molecule has 0 radical (unpaired) electrons. The number of benzene rings is 3. The van der Waals surface area contributed by atoms with Crippen molar-refractivity contribution >= 4 is 54.0 Å². The molecule has 0 saturated carbocycles. The second kappa shape index (κ2) is 8.72. The first-order valence-electron chi connectivity index (χ1n) is 11.1. The molecule has 5 rings (SSSR count). The van der Waals surface area contributed by atoms with Crippen molar-refractivity contribution in [3.05, 3.63) is 77.3 Å². The zero-order chi connectivity index (χ0) is 25.7. The van der Waals surface area contributed by atoms with Gasteiger partial charge in [0.25, 0.3) is 20.0 Å². The van der Waals surface area contributed by atoms with Crippen LogP contribution in [0, 0.1) is 0 Å². The summed E-state index contributed by atoms with van der Waals surface area (Å²) in [5.74, 6) is 0.646. The monoisotopic (exact) mass is 546 g/mol. The van der Waals surface area contributed by atoms with E-state index in [9.17, 15) is 16.8 Å². The SMILES string of the molecule is CC1(C)CCc2cc(S(=O)(=O)Nc3cc(Cl)ccc3NS(=O)(=O)c3cc4ccccc4o3)ccc2O1. The largest absolute Gasteiger partial charge is 0.488 e. The van der Waals surface area contributed by atoms with Crippen molar-refractivity contribution in [3.63, 3.8) is 0 Å². The summed E-state index contributed by atoms with van der Waals surface area (Å²) in [6.07, 6.45) is 1.42. The summed E-state index contributed by atoms with van der Waals surface area (Å²) in [6, 6.07) is 17.1. The Morgan fingerprint density at radius 3 is 2.39 bits per heavy atom. The third kappa shape index (κ3) is 4.88. The number of halogens is 1. The van der Waals surface area contributed by atoms with E-state index in [0.29, 0.717) is 23.1 Å². The number of anilines is 2. The molecule has 1 aliphatic heterocycles. The predicted octanol–water partition coefficient (Wildman–Crippen LogP) is 5.79. The van der Waals surface area contributed by atoms with Crippen molar-refractivity contribution in [2.45, 2.75) is 42.3 Å². The fraction of sp³-hybridized carbons (Fsp3) is 0.200. The Labute approximate surface area is 214 Å². The van der Waals surface area contributed by atoms with Crippen LogP contribution in [0.15, 0.2) is 81.1 Å². The Balaban J connectivity index is 1.45. The molecule has 0 aliphatic carbocycles. The van der Waals surface area contributed by atoms with E-state index in [1.54, 1.807) is 36.4 Å². The van der Waals surface area contributed by atoms with Crippen molar-refractivity contribution in [1.82, 2.24) is 0 Å². The Morgan fingerprint density at radius 1 is 0.861 bits per heavy atom. The van der Waals surface area contributed by atoms with Crippen LogP contribution < -0.4 is 14.2 Å². The standard InChI is InChI=1S/C25H23ClN2O6S2/c1-25(2)12-11-17-13-19(8-10-23(17)34-25)35(29,30)28-21-15-18(26)7-9-20(21)27-36(31,32)24-14-16-5-3-4-6-22(16)33-24/h3-10,13-15,27-28H,11-12H2,1-2H3. The van der Waals surface area contributed by atoms with Gasteiger partial charge in [0.05, 0.1) is 16.3 Å². The summed E-state index contributed by atoms with van der Waals surface area (Å²) in [4.78, 5) is 0.0237. The number of aryl methyl sites for hydroxylation is 1. The molecule has 0 unspecified atom stereocenters. The Kier molecular flexibility index (Phi) is 5.93. The molecule has 8 nitrogen and oxygen atoms in total. The van der Waals surface area contributed by atoms with E-state index in [-0.39, 0.29) is 32.0 Å². The van der Waals surface area contributed by atoms with Crippen LogP contribution in [-0.4, -0.2) is 22.4 Å². The van der Waals surface area contributed by atoms with Crippen LogP contribution in [0.2, 0.25) is 5.02 Å². The van der Waals surface area contributed by atoms with Gasteiger partial charge < -0.3 is 9.15 Å². The van der Waals surface area contributed by atoms with Crippen molar-refractivity contribution in [1.29, 1.82) is 0 Å². The highest BCUT2D eigenvalue weighted by Gasteiger charge is 2.28. The second-order valence-electron chi connectivity index (χ2n) is 9.14. The number of furan rings is 1. The van der Waals surface area contributed by atoms with E-state index in [2.05, 4.69) is 9.44 Å². The molecule has 2 N–H and O–H groups in total. The summed E-state index contributed by atoms with van der Waals surface area (Å²) in [5, 5.41) is 0.542. The number of para-hydroxylation sites is 1. The number of rotatable bonds is 6. The molecule has 0 spiro atoms. The van der Waals surface area contributed by atoms with Gasteiger partial charge in [0, 0.05) is 16.5 Å². The van der Waals surface area contributed by atoms with Crippen LogP contribution in [0.1, 0.15) is 25.8 Å². The van der Waals surface area contributed by atoms with Gasteiger partial charge in [-0.2, -0.15) is 8.42 Å². The van der Waals surface area contributed by atoms with E-state index in [1.165, 1.54) is 30.3 Å². The van der Waals surface area contributed by atoms with Gasteiger partial charge in [0.15, 0.2) is 0 Å². The van der Waals surface area contributed by atoms with Gasteiger partial charge in [-0.1, -0.05) is 29.8 Å². The summed E-state index contributed by atoms with van der Waals surface area (Å²) >= 11 is 6.11. The highest BCUT2D eigenvalue weighted by molar-refractivity contribution is 7.93. The van der Waals surface area contributed by atoms with Crippen molar-refractivity contribution in [2.24, 2.45) is 0 Å². The lowest BCUT2D eigenvalue weighted by Gasteiger charge is -2.32. The molecule has 0 saturated heterocycles. The van der Waals surface area contributed by atoms with Gasteiger partial charge >= 0.3 is 0 Å². The minimum atomic E-state index is -4.17. The minimum absolute atomic E-state index is 0.00789. The van der Waals surface area contributed by atoms with E-state index in [4.69, 9.17) is 20.8 Å². The van der Waals surface area contributed by atoms with Gasteiger partial charge in [-0.15, -0.1) is 0 Å². The molecule has 0 atom stereocenters. The maximum atomic E-state index is 13.2. The normalized spacial score (nSPS) is 15.2. The first kappa shape index (κ1) is 24.5. The number of nitrogens with one attached hydrogen (secondary N) is 2. The molecule has 0 bridgehead atoms. The quantitative estimate of drug-likeness (QED) is 0.316. The molecule has 188 valence electrons. The molecule has 1 aliphatic rings. The molecule has 1 aromatic heterocycles. The zero-order valence-corrected chi connectivity index (χ0v) is 21.8. The zero-order valence-electron chi connectivity index (χ0n) is 19.4. The van der Waals surface area contributed by atoms with Gasteiger partial charge in [-0.05, 0) is 74.7 Å². The van der Waals surface area contributed by atoms with Crippen LogP contribution in [0.3, 0.4) is 0 Å². The van der Waals surface area contributed by atoms with Crippen LogP contribution in [-0.2, 0) is 26.5 Å². The summed E-state index contributed by atoms with van der Waals surface area (Å²) in [7, 11) is -8.24. The maximum absolute atomic E-state index is 13.2. The topological polar surface area (TPSA) is 115 Å². The predicted molar refractivity (Wildman–Crippen MR) is 139 cm³/mol. The van der Waals surface area contributed by atoms with Crippen molar-refractivity contribution in [2.75, 3.05) is 9.44 Å². The van der Waals surface area contributed by atoms with Crippen molar-refractivity contribution in [3.8, 4) is 5.75 Å². The summed E-state index contributed by atoms with van der Waals surface area (Å²) < 4.78 is 68.8. The van der Waals surface area contributed by atoms with Gasteiger partial charge in [-0.25, -0.2) is 8.42 Å². The van der Waals surface area contributed by atoms with Gasteiger partial charge in [0.1, 0.15) is 16.9 Å². The number of ether oxygens (including phenoxy) is 1. The molecule has 4 aromatic rings. The van der Waals surface area contributed by atoms with Gasteiger partial charge in [-0.3, -0.25) is 9.44 Å². The highest BCUT2D eigenvalue weighted by Crippen LogP contribution is 2.36. The van der Waals surface area contributed by atoms with Crippen LogP contribution in [0.4, 0.5) is 11.4 Å². The van der Waals surface area contributed by atoms with E-state index in [1.807, 2.05) is 13.8 Å². The average molecular weight is 547 g/mol. The maximum Gasteiger partial charge on any atom is 0.295 e. The molecular formula is C25H23ClN2O6S2. The number of hydrogen-bond donors (Lipinski definition) is 2. The average Bonchev–Trinajstić information content (AvgIpc) is 3.25. The molecule has 3 aromatic carbocycles. The number of hydrogen-bond acceptors (Lipinski definition) is 6. The molecule has 36 heavy (non-hydrogen) atoms. The van der Waals surface area contributed by atoms with Crippen LogP contribution in [0.5, 0.6) is 5.75 Å². The Bertz CT molecular complexity index is 1660. The smallest absolute Gasteiger partial charge is 0.295 e. The van der Waals surface area contributed by atoms with E-state index in [0.717, 1.165) is 12.0 Å². The fourth-order valence-electron chi connectivity index (χ4n) is 3.98. The Morgan fingerprint density at radius 2 is 1.61 bits per heavy atom. The second-order valence-corrected chi connectivity index (χ2v) is 12.9. The lowest BCUT2D eigenvalue weighted by Crippen LogP contribution is -2.32. The molecule has 0 fully saturated rings. The van der Waals surface area contributed by atoms with E-state index >= 15 is 0 Å². The number of fused-ring (bicyclic) bond motifs is 2. The minimum Gasteiger partial charge on any atom is -0.488 e. The lowest BCUT2D eigenvalue weighted by molar-refractivity contribution is 0.0845. The third-order valence-electron chi connectivity index (χ3n) is 5.86. The van der Waals surface area contributed by atoms with Crippen LogP contribution >= 0.6 is 11.6 Å². The first-order valence-corrected chi connectivity index (χ1v) is 14.4. The summed E-state index contributed by atoms with van der Waals surface area (Å²) in [6.45, 7) is 3.96. The first-order chi connectivity index (χ1) is 16.9. The fourth-order valence-corrected chi connectivity index (χ4v) is 6.32. The molecular weight excluding hydrogens is 524 g/mol. The molecule has 0 amide bonds. The summed E-state index contributed by atoms with van der Waals surface area (Å²) in [5.41, 5.74) is 0.839. The number of sulfonamides is 2. The van der Waals surface area contributed by atoms with Crippen molar-refractivity contribution < 1.29 is 26.0 Å².